The first-order chi connectivity index (χ1) is 8.20. The van der Waals surface area contributed by atoms with Crippen LogP contribution in [0.1, 0.15) is 11.9 Å². The van der Waals surface area contributed by atoms with Crippen molar-refractivity contribution < 1.29 is 10.2 Å². The van der Waals surface area contributed by atoms with Crippen LogP contribution in [0.5, 0.6) is 11.5 Å². The molecule has 2 rings (SSSR count). The SMILES string of the molecule is CCNCc1nnc(-c2ccc(O)c(O)c2)s1. The fraction of sp³-hybridized carbons (Fsp3) is 0.273. The van der Waals surface area contributed by atoms with Crippen LogP contribution in [0, 0.1) is 0 Å². The van der Waals surface area contributed by atoms with Gasteiger partial charge >= 0.3 is 0 Å². The average Bonchev–Trinajstić information content (AvgIpc) is 2.79. The van der Waals surface area contributed by atoms with Crippen molar-refractivity contribution in [3.63, 3.8) is 0 Å². The maximum absolute atomic E-state index is 9.40. The maximum atomic E-state index is 9.40. The summed E-state index contributed by atoms with van der Waals surface area (Å²) in [5.74, 6) is -0.280. The van der Waals surface area contributed by atoms with Gasteiger partial charge in [-0.05, 0) is 24.7 Å². The van der Waals surface area contributed by atoms with Crippen molar-refractivity contribution in [3.8, 4) is 22.1 Å². The van der Waals surface area contributed by atoms with Crippen LogP contribution in [0.25, 0.3) is 10.6 Å². The van der Waals surface area contributed by atoms with Crippen LogP contribution in [-0.4, -0.2) is 27.0 Å². The standard InChI is InChI=1S/C11H13N3O2S/c1-2-12-6-10-13-14-11(17-10)7-3-4-8(15)9(16)5-7/h3-5,12,15-16H,2,6H2,1H3. The molecule has 0 saturated heterocycles. The summed E-state index contributed by atoms with van der Waals surface area (Å²) < 4.78 is 0. The Kier molecular flexibility index (Phi) is 3.55. The van der Waals surface area contributed by atoms with Crippen molar-refractivity contribution >= 4 is 11.3 Å². The molecule has 0 atom stereocenters. The molecule has 0 fully saturated rings. The highest BCUT2D eigenvalue weighted by Crippen LogP contribution is 2.31. The van der Waals surface area contributed by atoms with E-state index in [1.54, 1.807) is 6.07 Å². The van der Waals surface area contributed by atoms with Gasteiger partial charge in [0.2, 0.25) is 0 Å². The van der Waals surface area contributed by atoms with Gasteiger partial charge < -0.3 is 15.5 Å². The number of hydrogen-bond acceptors (Lipinski definition) is 6. The van der Waals surface area contributed by atoms with E-state index in [-0.39, 0.29) is 11.5 Å². The Morgan fingerprint density at radius 2 is 2.06 bits per heavy atom. The Morgan fingerprint density at radius 3 is 2.76 bits per heavy atom. The molecule has 3 N–H and O–H groups in total. The van der Waals surface area contributed by atoms with Crippen molar-refractivity contribution in [2.24, 2.45) is 0 Å². The number of phenols is 2. The second kappa shape index (κ2) is 5.11. The highest BCUT2D eigenvalue weighted by molar-refractivity contribution is 7.14. The van der Waals surface area contributed by atoms with E-state index in [9.17, 15) is 10.2 Å². The highest BCUT2D eigenvalue weighted by Gasteiger charge is 2.08. The number of aromatic nitrogens is 2. The molecule has 0 bridgehead atoms. The monoisotopic (exact) mass is 251 g/mol. The minimum absolute atomic E-state index is 0.133. The van der Waals surface area contributed by atoms with E-state index in [4.69, 9.17) is 0 Å². The summed E-state index contributed by atoms with van der Waals surface area (Å²) in [6.07, 6.45) is 0. The number of phenolic OH excluding ortho intramolecular Hbond substituents is 2. The quantitative estimate of drug-likeness (QED) is 0.721. The van der Waals surface area contributed by atoms with Gasteiger partial charge in [-0.3, -0.25) is 0 Å². The van der Waals surface area contributed by atoms with Crippen molar-refractivity contribution in [3.05, 3.63) is 23.2 Å². The molecule has 0 radical (unpaired) electrons. The van der Waals surface area contributed by atoms with Crippen LogP contribution in [0.4, 0.5) is 0 Å². The molecule has 1 aromatic heterocycles. The summed E-state index contributed by atoms with van der Waals surface area (Å²) in [5, 5.41) is 31.5. The van der Waals surface area contributed by atoms with Gasteiger partial charge in [-0.25, -0.2) is 0 Å². The number of nitrogens with zero attached hydrogens (tertiary/aromatic N) is 2. The van der Waals surface area contributed by atoms with E-state index in [1.165, 1.54) is 23.5 Å². The van der Waals surface area contributed by atoms with Crippen molar-refractivity contribution in [2.45, 2.75) is 13.5 Å². The molecule has 0 aliphatic carbocycles. The maximum Gasteiger partial charge on any atom is 0.158 e. The van der Waals surface area contributed by atoms with Gasteiger partial charge in [0.25, 0.3) is 0 Å². The Labute approximate surface area is 103 Å². The molecule has 0 amide bonds. The Hall–Kier alpha value is -1.66. The normalized spacial score (nSPS) is 10.6. The Bertz CT molecular complexity index is 513. The first-order valence-electron chi connectivity index (χ1n) is 5.26. The minimum Gasteiger partial charge on any atom is -0.504 e. The van der Waals surface area contributed by atoms with Gasteiger partial charge in [0.1, 0.15) is 10.0 Å². The van der Waals surface area contributed by atoms with E-state index in [0.717, 1.165) is 22.1 Å². The lowest BCUT2D eigenvalue weighted by atomic mass is 10.2. The van der Waals surface area contributed by atoms with Gasteiger partial charge in [-0.2, -0.15) is 0 Å². The first-order valence-corrected chi connectivity index (χ1v) is 6.07. The molecule has 2 aromatic rings. The number of hydrogen-bond donors (Lipinski definition) is 3. The third-order valence-electron chi connectivity index (χ3n) is 2.22. The molecule has 0 spiro atoms. The van der Waals surface area contributed by atoms with Gasteiger partial charge in [-0.15, -0.1) is 10.2 Å². The number of rotatable bonds is 4. The molecule has 0 unspecified atom stereocenters. The summed E-state index contributed by atoms with van der Waals surface area (Å²) >= 11 is 1.46. The number of benzene rings is 1. The van der Waals surface area contributed by atoms with Crippen molar-refractivity contribution in [1.82, 2.24) is 15.5 Å². The number of aromatic hydroxyl groups is 2. The molecule has 0 aliphatic heterocycles. The first kappa shape index (κ1) is 11.8. The second-order valence-corrected chi connectivity index (χ2v) is 4.55. The zero-order chi connectivity index (χ0) is 12.3. The summed E-state index contributed by atoms with van der Waals surface area (Å²) in [7, 11) is 0. The molecule has 0 aliphatic rings. The van der Waals surface area contributed by atoms with Crippen LogP contribution in [0.2, 0.25) is 0 Å². The highest BCUT2D eigenvalue weighted by atomic mass is 32.1. The smallest absolute Gasteiger partial charge is 0.158 e. The van der Waals surface area contributed by atoms with E-state index in [0.29, 0.717) is 6.54 Å². The largest absolute Gasteiger partial charge is 0.504 e. The molecule has 1 aromatic carbocycles. The zero-order valence-corrected chi connectivity index (χ0v) is 10.2. The summed E-state index contributed by atoms with van der Waals surface area (Å²) in [4.78, 5) is 0. The summed E-state index contributed by atoms with van der Waals surface area (Å²) in [6.45, 7) is 3.60. The predicted molar refractivity (Wildman–Crippen MR) is 66.1 cm³/mol. The lowest BCUT2D eigenvalue weighted by Crippen LogP contribution is -2.11. The van der Waals surface area contributed by atoms with Crippen LogP contribution in [0.15, 0.2) is 18.2 Å². The molecule has 17 heavy (non-hydrogen) atoms. The molecule has 5 nitrogen and oxygen atoms in total. The Morgan fingerprint density at radius 1 is 1.24 bits per heavy atom. The molecule has 1 heterocycles. The molecule has 0 saturated carbocycles. The van der Waals surface area contributed by atoms with E-state index < -0.39 is 0 Å². The van der Waals surface area contributed by atoms with Crippen molar-refractivity contribution in [2.75, 3.05) is 6.54 Å². The van der Waals surface area contributed by atoms with Crippen molar-refractivity contribution in [1.29, 1.82) is 0 Å². The van der Waals surface area contributed by atoms with E-state index in [1.807, 2.05) is 6.92 Å². The second-order valence-electron chi connectivity index (χ2n) is 3.48. The van der Waals surface area contributed by atoms with Gasteiger partial charge in [0.15, 0.2) is 11.5 Å². The third-order valence-corrected chi connectivity index (χ3v) is 3.19. The average molecular weight is 251 g/mol. The zero-order valence-electron chi connectivity index (χ0n) is 9.34. The van der Waals surface area contributed by atoms with Crippen LogP contribution >= 0.6 is 11.3 Å². The van der Waals surface area contributed by atoms with E-state index >= 15 is 0 Å². The Balaban J connectivity index is 2.21. The summed E-state index contributed by atoms with van der Waals surface area (Å²) in [5.41, 5.74) is 0.751. The van der Waals surface area contributed by atoms with Gasteiger partial charge in [0, 0.05) is 12.1 Å². The van der Waals surface area contributed by atoms with Gasteiger partial charge in [0.05, 0.1) is 0 Å². The van der Waals surface area contributed by atoms with Gasteiger partial charge in [-0.1, -0.05) is 18.3 Å². The molecular formula is C11H13N3O2S. The lowest BCUT2D eigenvalue weighted by Gasteiger charge is -1.99. The number of nitrogens with one attached hydrogen (secondary N) is 1. The molecular weight excluding hydrogens is 238 g/mol. The molecule has 90 valence electrons. The van der Waals surface area contributed by atoms with Crippen LogP contribution < -0.4 is 5.32 Å². The van der Waals surface area contributed by atoms with E-state index in [2.05, 4.69) is 15.5 Å². The summed E-state index contributed by atoms with van der Waals surface area (Å²) in [6, 6.07) is 4.62. The fourth-order valence-corrected chi connectivity index (χ4v) is 2.14. The third kappa shape index (κ3) is 2.72. The lowest BCUT2D eigenvalue weighted by molar-refractivity contribution is 0.404. The fourth-order valence-electron chi connectivity index (χ4n) is 1.33. The predicted octanol–water partition coefficient (Wildman–Crippen LogP) is 1.73. The molecule has 6 heteroatoms. The topological polar surface area (TPSA) is 78.3 Å². The minimum atomic E-state index is -0.147. The van der Waals surface area contributed by atoms with Crippen LogP contribution in [-0.2, 0) is 6.54 Å². The van der Waals surface area contributed by atoms with Crippen LogP contribution in [0.3, 0.4) is 0 Å².